The Bertz CT molecular complexity index is 554. The first-order valence-corrected chi connectivity index (χ1v) is 6.94. The molecule has 2 nitrogen and oxygen atoms in total. The molecule has 0 amide bonds. The molecule has 106 valence electrons. The molecule has 0 aliphatic heterocycles. The molecule has 2 atom stereocenters. The number of hydrogen-bond acceptors (Lipinski definition) is 2. The van der Waals surface area contributed by atoms with Gasteiger partial charge < -0.3 is 0 Å². The normalized spacial score (nSPS) is 14.0. The lowest BCUT2D eigenvalue weighted by atomic mass is 9.85. The van der Waals surface area contributed by atoms with Crippen molar-refractivity contribution >= 4 is 0 Å². The fourth-order valence-corrected chi connectivity index (χ4v) is 2.61. The molecule has 20 heavy (non-hydrogen) atoms. The SMILES string of the molecule is CCC(c1ccccc1)C(NN)c1ccc(C)c(F)c1. The molecule has 0 saturated carbocycles. The fourth-order valence-electron chi connectivity index (χ4n) is 2.61. The van der Waals surface area contributed by atoms with Crippen molar-refractivity contribution in [2.45, 2.75) is 32.2 Å². The molecule has 0 radical (unpaired) electrons. The van der Waals surface area contributed by atoms with Crippen LogP contribution in [0.25, 0.3) is 0 Å². The monoisotopic (exact) mass is 272 g/mol. The Balaban J connectivity index is 2.36. The molecule has 3 heteroatoms. The van der Waals surface area contributed by atoms with Crippen LogP contribution in [-0.4, -0.2) is 0 Å². The van der Waals surface area contributed by atoms with E-state index in [2.05, 4.69) is 24.5 Å². The molecule has 2 aromatic carbocycles. The van der Waals surface area contributed by atoms with Crippen LogP contribution < -0.4 is 11.3 Å². The molecule has 0 spiro atoms. The molecule has 2 unspecified atom stereocenters. The van der Waals surface area contributed by atoms with E-state index in [1.165, 1.54) is 5.56 Å². The first-order chi connectivity index (χ1) is 9.67. The summed E-state index contributed by atoms with van der Waals surface area (Å²) in [4.78, 5) is 0. The summed E-state index contributed by atoms with van der Waals surface area (Å²) in [6.07, 6.45) is 0.925. The zero-order valence-corrected chi connectivity index (χ0v) is 11.9. The van der Waals surface area contributed by atoms with E-state index in [1.807, 2.05) is 24.3 Å². The lowest BCUT2D eigenvalue weighted by molar-refractivity contribution is 0.442. The molecular formula is C17H21FN2. The Morgan fingerprint density at radius 3 is 2.35 bits per heavy atom. The van der Waals surface area contributed by atoms with Gasteiger partial charge in [-0.15, -0.1) is 0 Å². The average molecular weight is 272 g/mol. The predicted molar refractivity (Wildman–Crippen MR) is 80.7 cm³/mol. The molecule has 0 bridgehead atoms. The minimum absolute atomic E-state index is 0.0995. The maximum absolute atomic E-state index is 13.8. The van der Waals surface area contributed by atoms with E-state index in [4.69, 9.17) is 5.84 Å². The number of rotatable bonds is 5. The Morgan fingerprint density at radius 1 is 1.10 bits per heavy atom. The number of hydrogen-bond donors (Lipinski definition) is 2. The summed E-state index contributed by atoms with van der Waals surface area (Å²) in [7, 11) is 0. The summed E-state index contributed by atoms with van der Waals surface area (Å²) in [5, 5.41) is 0. The number of hydrazine groups is 1. The second-order valence-corrected chi connectivity index (χ2v) is 5.08. The van der Waals surface area contributed by atoms with E-state index >= 15 is 0 Å². The van der Waals surface area contributed by atoms with Crippen molar-refractivity contribution in [3.63, 3.8) is 0 Å². The van der Waals surface area contributed by atoms with Gasteiger partial charge in [0.1, 0.15) is 5.82 Å². The van der Waals surface area contributed by atoms with Gasteiger partial charge in [0.25, 0.3) is 0 Å². The van der Waals surface area contributed by atoms with Gasteiger partial charge in [0.05, 0.1) is 6.04 Å². The number of nitrogens with two attached hydrogens (primary N) is 1. The van der Waals surface area contributed by atoms with Crippen molar-refractivity contribution < 1.29 is 4.39 Å². The smallest absolute Gasteiger partial charge is 0.126 e. The number of aryl methyl sites for hydroxylation is 1. The van der Waals surface area contributed by atoms with Gasteiger partial charge in [0, 0.05) is 5.92 Å². The van der Waals surface area contributed by atoms with Gasteiger partial charge in [0.2, 0.25) is 0 Å². The molecular weight excluding hydrogens is 251 g/mol. The predicted octanol–water partition coefficient (Wildman–Crippen LogP) is 3.83. The third-order valence-corrected chi connectivity index (χ3v) is 3.80. The maximum Gasteiger partial charge on any atom is 0.126 e. The number of halogens is 1. The van der Waals surface area contributed by atoms with Crippen molar-refractivity contribution in [3.8, 4) is 0 Å². The van der Waals surface area contributed by atoms with Crippen LogP contribution in [0.4, 0.5) is 4.39 Å². The van der Waals surface area contributed by atoms with Crippen LogP contribution in [0.3, 0.4) is 0 Å². The van der Waals surface area contributed by atoms with Crippen LogP contribution in [-0.2, 0) is 0 Å². The minimum atomic E-state index is -0.189. The van der Waals surface area contributed by atoms with Crippen molar-refractivity contribution in [1.82, 2.24) is 5.43 Å². The number of nitrogens with one attached hydrogen (secondary N) is 1. The molecule has 2 aromatic rings. The van der Waals surface area contributed by atoms with Gasteiger partial charge in [-0.2, -0.15) is 0 Å². The molecule has 0 aliphatic rings. The van der Waals surface area contributed by atoms with Crippen LogP contribution in [0.15, 0.2) is 48.5 Å². The van der Waals surface area contributed by atoms with Gasteiger partial charge in [-0.1, -0.05) is 49.4 Å². The maximum atomic E-state index is 13.8. The molecule has 0 saturated heterocycles. The highest BCUT2D eigenvalue weighted by molar-refractivity contribution is 5.30. The summed E-state index contributed by atoms with van der Waals surface area (Å²) in [5.74, 6) is 5.76. The second kappa shape index (κ2) is 6.64. The highest BCUT2D eigenvalue weighted by atomic mass is 19.1. The standard InChI is InChI=1S/C17H21FN2/c1-3-15(13-7-5-4-6-8-13)17(20-19)14-10-9-12(2)16(18)11-14/h4-11,15,17,20H,3,19H2,1-2H3. The largest absolute Gasteiger partial charge is 0.271 e. The molecule has 0 aliphatic carbocycles. The van der Waals surface area contributed by atoms with Crippen molar-refractivity contribution in [2.24, 2.45) is 5.84 Å². The Kier molecular flexibility index (Phi) is 4.88. The minimum Gasteiger partial charge on any atom is -0.271 e. The summed E-state index contributed by atoms with van der Waals surface area (Å²) >= 11 is 0. The van der Waals surface area contributed by atoms with Crippen LogP contribution in [0.2, 0.25) is 0 Å². The first-order valence-electron chi connectivity index (χ1n) is 6.94. The summed E-state index contributed by atoms with van der Waals surface area (Å²) < 4.78 is 13.8. The fraction of sp³-hybridized carbons (Fsp3) is 0.294. The summed E-state index contributed by atoms with van der Waals surface area (Å²) in [6.45, 7) is 3.88. The third kappa shape index (κ3) is 3.06. The lowest BCUT2D eigenvalue weighted by Crippen LogP contribution is -2.32. The highest BCUT2D eigenvalue weighted by Crippen LogP contribution is 2.33. The van der Waals surface area contributed by atoms with E-state index in [0.717, 1.165) is 12.0 Å². The Morgan fingerprint density at radius 2 is 1.80 bits per heavy atom. The van der Waals surface area contributed by atoms with Crippen LogP contribution in [0.1, 0.15) is 42.0 Å². The zero-order chi connectivity index (χ0) is 14.5. The Labute approximate surface area is 119 Å². The first kappa shape index (κ1) is 14.7. The van der Waals surface area contributed by atoms with E-state index < -0.39 is 0 Å². The van der Waals surface area contributed by atoms with E-state index in [-0.39, 0.29) is 17.8 Å². The third-order valence-electron chi connectivity index (χ3n) is 3.80. The van der Waals surface area contributed by atoms with Crippen molar-refractivity contribution in [1.29, 1.82) is 0 Å². The number of benzene rings is 2. The molecule has 0 aromatic heterocycles. The van der Waals surface area contributed by atoms with Crippen LogP contribution in [0.5, 0.6) is 0 Å². The van der Waals surface area contributed by atoms with Gasteiger partial charge in [-0.05, 0) is 36.1 Å². The van der Waals surface area contributed by atoms with Gasteiger partial charge in [-0.3, -0.25) is 11.3 Å². The summed E-state index contributed by atoms with van der Waals surface area (Å²) in [6, 6.07) is 15.4. The van der Waals surface area contributed by atoms with Crippen molar-refractivity contribution in [2.75, 3.05) is 0 Å². The Hall–Kier alpha value is -1.71. The van der Waals surface area contributed by atoms with Crippen LogP contribution in [0, 0.1) is 12.7 Å². The van der Waals surface area contributed by atoms with Gasteiger partial charge in [-0.25, -0.2) is 4.39 Å². The lowest BCUT2D eigenvalue weighted by Gasteiger charge is -2.26. The molecule has 0 fully saturated rings. The second-order valence-electron chi connectivity index (χ2n) is 5.08. The van der Waals surface area contributed by atoms with E-state index in [9.17, 15) is 4.39 Å². The summed E-state index contributed by atoms with van der Waals surface area (Å²) in [5.41, 5.74) is 5.59. The van der Waals surface area contributed by atoms with Gasteiger partial charge in [0.15, 0.2) is 0 Å². The molecule has 3 N–H and O–H groups in total. The zero-order valence-electron chi connectivity index (χ0n) is 11.9. The van der Waals surface area contributed by atoms with Crippen molar-refractivity contribution in [3.05, 3.63) is 71.0 Å². The quantitative estimate of drug-likeness (QED) is 0.641. The van der Waals surface area contributed by atoms with E-state index in [1.54, 1.807) is 19.1 Å². The molecule has 0 heterocycles. The average Bonchev–Trinajstić information content (AvgIpc) is 2.48. The highest BCUT2D eigenvalue weighted by Gasteiger charge is 2.22. The van der Waals surface area contributed by atoms with E-state index in [0.29, 0.717) is 5.56 Å². The topological polar surface area (TPSA) is 38.0 Å². The van der Waals surface area contributed by atoms with Gasteiger partial charge >= 0.3 is 0 Å². The van der Waals surface area contributed by atoms with Crippen LogP contribution >= 0.6 is 0 Å². The molecule has 2 rings (SSSR count).